The zero-order valence-electron chi connectivity index (χ0n) is 10.8. The van der Waals surface area contributed by atoms with Gasteiger partial charge >= 0.3 is 5.97 Å². The van der Waals surface area contributed by atoms with Crippen molar-refractivity contribution < 1.29 is 9.90 Å². The Balaban J connectivity index is 2.09. The summed E-state index contributed by atoms with van der Waals surface area (Å²) in [6.07, 6.45) is 0.762. The molecular formula is C14H17BrClNO2. The number of hydrogen-bond donors (Lipinski definition) is 1. The summed E-state index contributed by atoms with van der Waals surface area (Å²) < 4.78 is 0.992. The molecule has 1 aromatic rings. The number of carboxylic acids is 1. The third-order valence-electron chi connectivity index (χ3n) is 3.49. The lowest BCUT2D eigenvalue weighted by Gasteiger charge is -2.34. The van der Waals surface area contributed by atoms with Crippen LogP contribution in [0.4, 0.5) is 0 Å². The number of nitrogens with zero attached hydrogens (tertiary/aromatic N) is 1. The molecule has 2 atom stereocenters. The Hall–Kier alpha value is -0.580. The number of hydrogen-bond acceptors (Lipinski definition) is 2. The van der Waals surface area contributed by atoms with Gasteiger partial charge in [0.15, 0.2) is 0 Å². The van der Waals surface area contributed by atoms with E-state index in [0.717, 1.165) is 28.0 Å². The van der Waals surface area contributed by atoms with Crippen LogP contribution in [0.3, 0.4) is 0 Å². The fourth-order valence-corrected chi connectivity index (χ4v) is 3.26. The second-order valence-corrected chi connectivity index (χ2v) is 6.63. The SMILES string of the molecule is CC1CC(C(=O)O)CN(Cc2cc(Br)ccc2Cl)C1. The summed E-state index contributed by atoms with van der Waals surface area (Å²) in [6.45, 7) is 4.33. The van der Waals surface area contributed by atoms with E-state index in [1.54, 1.807) is 0 Å². The van der Waals surface area contributed by atoms with E-state index >= 15 is 0 Å². The Kier molecular flexibility index (Phi) is 4.87. The lowest BCUT2D eigenvalue weighted by molar-refractivity contribution is -0.144. The minimum absolute atomic E-state index is 0.269. The van der Waals surface area contributed by atoms with Crippen LogP contribution in [0.1, 0.15) is 18.9 Å². The number of aliphatic carboxylic acids is 1. The van der Waals surface area contributed by atoms with Crippen LogP contribution in [0, 0.1) is 11.8 Å². The van der Waals surface area contributed by atoms with Gasteiger partial charge in [0.2, 0.25) is 0 Å². The normalized spacial score (nSPS) is 24.4. The van der Waals surface area contributed by atoms with Gasteiger partial charge in [-0.15, -0.1) is 0 Å². The zero-order valence-corrected chi connectivity index (χ0v) is 13.1. The van der Waals surface area contributed by atoms with Crippen LogP contribution in [0.2, 0.25) is 5.02 Å². The summed E-state index contributed by atoms with van der Waals surface area (Å²) >= 11 is 9.62. The van der Waals surface area contributed by atoms with E-state index in [-0.39, 0.29) is 5.92 Å². The highest BCUT2D eigenvalue weighted by molar-refractivity contribution is 9.10. The summed E-state index contributed by atoms with van der Waals surface area (Å²) in [7, 11) is 0. The van der Waals surface area contributed by atoms with E-state index in [4.69, 9.17) is 11.6 Å². The summed E-state index contributed by atoms with van der Waals surface area (Å²) in [5.41, 5.74) is 1.04. The molecule has 0 aliphatic carbocycles. The molecule has 1 aromatic carbocycles. The number of benzene rings is 1. The van der Waals surface area contributed by atoms with E-state index in [2.05, 4.69) is 27.8 Å². The van der Waals surface area contributed by atoms with Crippen LogP contribution >= 0.6 is 27.5 Å². The van der Waals surface area contributed by atoms with Gasteiger partial charge < -0.3 is 5.11 Å². The van der Waals surface area contributed by atoms with Gasteiger partial charge in [-0.05, 0) is 36.1 Å². The minimum atomic E-state index is -0.697. The number of carbonyl (C=O) groups is 1. The lowest BCUT2D eigenvalue weighted by atomic mass is 9.90. The molecule has 5 heteroatoms. The fraction of sp³-hybridized carbons (Fsp3) is 0.500. The summed E-state index contributed by atoms with van der Waals surface area (Å²) in [5, 5.41) is 9.91. The maximum Gasteiger partial charge on any atom is 0.307 e. The van der Waals surface area contributed by atoms with Crippen molar-refractivity contribution in [1.29, 1.82) is 0 Å². The second kappa shape index (κ2) is 6.25. The highest BCUT2D eigenvalue weighted by Gasteiger charge is 2.29. The van der Waals surface area contributed by atoms with Gasteiger partial charge in [-0.2, -0.15) is 0 Å². The molecule has 1 aliphatic heterocycles. The van der Waals surface area contributed by atoms with Gasteiger partial charge in [-0.3, -0.25) is 9.69 Å². The van der Waals surface area contributed by atoms with Crippen LogP contribution in [-0.2, 0) is 11.3 Å². The molecule has 0 aromatic heterocycles. The number of carboxylic acid groups (broad SMARTS) is 1. The van der Waals surface area contributed by atoms with Crippen molar-refractivity contribution in [2.75, 3.05) is 13.1 Å². The highest BCUT2D eigenvalue weighted by Crippen LogP contribution is 2.27. The molecule has 2 unspecified atom stereocenters. The maximum absolute atomic E-state index is 11.2. The predicted octanol–water partition coefficient (Wildman–Crippen LogP) is 3.65. The van der Waals surface area contributed by atoms with Gasteiger partial charge in [-0.1, -0.05) is 34.5 Å². The van der Waals surface area contributed by atoms with Gasteiger partial charge in [-0.25, -0.2) is 0 Å². The Morgan fingerprint density at radius 2 is 2.26 bits per heavy atom. The van der Waals surface area contributed by atoms with Crippen molar-refractivity contribution in [3.63, 3.8) is 0 Å². The van der Waals surface area contributed by atoms with Crippen LogP contribution < -0.4 is 0 Å². The van der Waals surface area contributed by atoms with Crippen LogP contribution in [0.25, 0.3) is 0 Å². The van der Waals surface area contributed by atoms with Crippen molar-refractivity contribution in [3.8, 4) is 0 Å². The van der Waals surface area contributed by atoms with Gasteiger partial charge in [0.1, 0.15) is 0 Å². The number of rotatable bonds is 3. The first-order valence-electron chi connectivity index (χ1n) is 6.34. The van der Waals surface area contributed by atoms with Gasteiger partial charge in [0.05, 0.1) is 5.92 Å². The fourth-order valence-electron chi connectivity index (χ4n) is 2.68. The lowest BCUT2D eigenvalue weighted by Crippen LogP contribution is -2.42. The molecule has 19 heavy (non-hydrogen) atoms. The van der Waals surface area contributed by atoms with Crippen LogP contribution in [0.15, 0.2) is 22.7 Å². The molecule has 0 bridgehead atoms. The van der Waals surface area contributed by atoms with E-state index in [0.29, 0.717) is 19.0 Å². The first kappa shape index (κ1) is 14.8. The Bertz CT molecular complexity index is 481. The monoisotopic (exact) mass is 345 g/mol. The quantitative estimate of drug-likeness (QED) is 0.908. The topological polar surface area (TPSA) is 40.5 Å². The van der Waals surface area contributed by atoms with Gasteiger partial charge in [0, 0.05) is 29.1 Å². The summed E-state index contributed by atoms with van der Waals surface area (Å²) in [4.78, 5) is 13.3. The smallest absolute Gasteiger partial charge is 0.307 e. The molecule has 0 spiro atoms. The van der Waals surface area contributed by atoms with E-state index in [1.807, 2.05) is 18.2 Å². The average Bonchev–Trinajstić information content (AvgIpc) is 2.33. The first-order valence-corrected chi connectivity index (χ1v) is 7.52. The standard InChI is InChI=1S/C14H17BrClNO2/c1-9-4-11(14(18)19)8-17(6-9)7-10-5-12(15)2-3-13(10)16/h2-3,5,9,11H,4,6-8H2,1H3,(H,18,19). The third-order valence-corrected chi connectivity index (χ3v) is 4.35. The largest absolute Gasteiger partial charge is 0.481 e. The molecule has 1 N–H and O–H groups in total. The molecule has 2 rings (SSSR count). The molecule has 0 amide bonds. The summed E-state index contributed by atoms with van der Waals surface area (Å²) in [5.74, 6) is -0.563. The van der Waals surface area contributed by atoms with Crippen LogP contribution in [0.5, 0.6) is 0 Å². The number of likely N-dealkylation sites (tertiary alicyclic amines) is 1. The van der Waals surface area contributed by atoms with Crippen molar-refractivity contribution in [3.05, 3.63) is 33.3 Å². The average molecular weight is 347 g/mol. The van der Waals surface area contributed by atoms with Crippen molar-refractivity contribution in [2.24, 2.45) is 11.8 Å². The molecule has 104 valence electrons. The summed E-state index contributed by atoms with van der Waals surface area (Å²) in [6, 6.07) is 5.77. The Labute approximate surface area is 126 Å². The minimum Gasteiger partial charge on any atom is -0.481 e. The maximum atomic E-state index is 11.2. The molecular weight excluding hydrogens is 330 g/mol. The number of halogens is 2. The van der Waals surface area contributed by atoms with Crippen molar-refractivity contribution in [2.45, 2.75) is 19.9 Å². The molecule has 1 heterocycles. The van der Waals surface area contributed by atoms with Crippen LogP contribution in [-0.4, -0.2) is 29.1 Å². The third kappa shape index (κ3) is 3.94. The first-order chi connectivity index (χ1) is 8.95. The molecule has 1 fully saturated rings. The molecule has 1 saturated heterocycles. The predicted molar refractivity (Wildman–Crippen MR) is 79.3 cm³/mol. The molecule has 3 nitrogen and oxygen atoms in total. The van der Waals surface area contributed by atoms with E-state index in [9.17, 15) is 9.90 Å². The van der Waals surface area contributed by atoms with Crippen molar-refractivity contribution >= 4 is 33.5 Å². The Morgan fingerprint density at radius 3 is 2.95 bits per heavy atom. The molecule has 1 aliphatic rings. The second-order valence-electron chi connectivity index (χ2n) is 5.31. The zero-order chi connectivity index (χ0) is 14.0. The number of piperidine rings is 1. The highest BCUT2D eigenvalue weighted by atomic mass is 79.9. The van der Waals surface area contributed by atoms with E-state index in [1.165, 1.54) is 0 Å². The van der Waals surface area contributed by atoms with Gasteiger partial charge in [0.25, 0.3) is 0 Å². The molecule has 0 radical (unpaired) electrons. The molecule has 0 saturated carbocycles. The van der Waals surface area contributed by atoms with E-state index < -0.39 is 5.97 Å². The Morgan fingerprint density at radius 1 is 1.53 bits per heavy atom. The van der Waals surface area contributed by atoms with Crippen molar-refractivity contribution in [1.82, 2.24) is 4.90 Å².